The molecule has 1 heterocycles. The molecule has 0 aromatic carbocycles. The van der Waals surface area contributed by atoms with Crippen molar-refractivity contribution >= 4 is 0 Å². The van der Waals surface area contributed by atoms with Gasteiger partial charge in [-0.2, -0.15) is 0 Å². The van der Waals surface area contributed by atoms with E-state index in [9.17, 15) is 0 Å². The van der Waals surface area contributed by atoms with Crippen LogP contribution in [0.1, 0.15) is 187 Å². The summed E-state index contributed by atoms with van der Waals surface area (Å²) < 4.78 is 4.90. The van der Waals surface area contributed by atoms with Gasteiger partial charge in [0, 0.05) is 6.42 Å². The highest BCUT2D eigenvalue weighted by Crippen LogP contribution is 2.15. The molecule has 212 valence electrons. The molecule has 0 saturated heterocycles. The van der Waals surface area contributed by atoms with Gasteiger partial charge in [-0.25, -0.2) is 9.13 Å². The summed E-state index contributed by atoms with van der Waals surface area (Å²) in [6.45, 7) is 5.82. The number of imidazole rings is 1. The molecule has 0 bridgehead atoms. The van der Waals surface area contributed by atoms with Gasteiger partial charge in [-0.3, -0.25) is 0 Å². The van der Waals surface area contributed by atoms with Crippen LogP contribution in [0.3, 0.4) is 0 Å². The number of rotatable bonds is 28. The van der Waals surface area contributed by atoms with Crippen LogP contribution in [0, 0.1) is 0 Å². The first-order chi connectivity index (χ1) is 17.8. The van der Waals surface area contributed by atoms with Crippen LogP contribution in [0.25, 0.3) is 0 Å². The molecule has 0 aliphatic heterocycles. The van der Waals surface area contributed by atoms with Crippen LogP contribution in [0.2, 0.25) is 0 Å². The van der Waals surface area contributed by atoms with E-state index in [4.69, 9.17) is 0 Å². The minimum Gasteiger partial charge on any atom is -0.237 e. The average molecular weight is 504 g/mol. The number of aromatic nitrogens is 2. The second kappa shape index (κ2) is 25.8. The SMILES string of the molecule is CCCCCCCCCCCCCCCCCCCc1n(CCCCCCCCCCC)cc[n+]1C. The van der Waals surface area contributed by atoms with Crippen LogP contribution in [-0.4, -0.2) is 4.57 Å². The molecular formula is C34H67N2+. The minimum atomic E-state index is 1.21. The molecule has 0 radical (unpaired) electrons. The third-order valence-electron chi connectivity index (χ3n) is 8.22. The first kappa shape index (κ1) is 33.2. The van der Waals surface area contributed by atoms with E-state index in [1.807, 2.05) is 0 Å². The van der Waals surface area contributed by atoms with Crippen LogP contribution in [0.15, 0.2) is 12.4 Å². The first-order valence-corrected chi connectivity index (χ1v) is 16.8. The minimum absolute atomic E-state index is 1.21. The molecule has 2 heteroatoms. The second-order valence-corrected chi connectivity index (χ2v) is 11.8. The molecule has 0 unspecified atom stereocenters. The van der Waals surface area contributed by atoms with Crippen molar-refractivity contribution in [1.29, 1.82) is 0 Å². The van der Waals surface area contributed by atoms with E-state index < -0.39 is 0 Å². The maximum Gasteiger partial charge on any atom is 0.256 e. The number of nitrogens with zero attached hydrogens (tertiary/aromatic N) is 2. The van der Waals surface area contributed by atoms with Crippen molar-refractivity contribution in [1.82, 2.24) is 4.57 Å². The normalized spacial score (nSPS) is 11.5. The Kier molecular flexibility index (Phi) is 23.9. The van der Waals surface area contributed by atoms with E-state index in [-0.39, 0.29) is 0 Å². The van der Waals surface area contributed by atoms with E-state index >= 15 is 0 Å². The maximum absolute atomic E-state index is 2.54. The molecule has 0 fully saturated rings. The fourth-order valence-corrected chi connectivity index (χ4v) is 5.68. The monoisotopic (exact) mass is 504 g/mol. The molecule has 0 aliphatic carbocycles. The molecule has 0 amide bonds. The summed E-state index contributed by atoms with van der Waals surface area (Å²) in [4.78, 5) is 0. The van der Waals surface area contributed by atoms with Gasteiger partial charge < -0.3 is 0 Å². The van der Waals surface area contributed by atoms with Crippen LogP contribution >= 0.6 is 0 Å². The maximum atomic E-state index is 2.54. The standard InChI is InChI=1S/C34H67N2/c1-4-6-8-10-12-14-15-16-17-18-19-20-21-22-24-26-28-30-34-35(3)32-33-36(34)31-29-27-25-23-13-11-9-7-5-2/h32-33H,4-31H2,1-3H3/q+1. The molecule has 1 aromatic rings. The Bertz CT molecular complexity index is 562. The number of hydrogen-bond donors (Lipinski definition) is 0. The van der Waals surface area contributed by atoms with Crippen molar-refractivity contribution in [3.05, 3.63) is 18.2 Å². The zero-order chi connectivity index (χ0) is 25.9. The summed E-state index contributed by atoms with van der Waals surface area (Å²) in [6, 6.07) is 0. The Morgan fingerprint density at radius 1 is 0.472 bits per heavy atom. The summed E-state index contributed by atoms with van der Waals surface area (Å²) in [5, 5.41) is 0. The Morgan fingerprint density at radius 2 is 0.806 bits per heavy atom. The van der Waals surface area contributed by atoms with Crippen molar-refractivity contribution in [2.45, 2.75) is 194 Å². The molecule has 1 aromatic heterocycles. The quantitative estimate of drug-likeness (QED) is 0.0794. The Balaban J connectivity index is 1.91. The lowest BCUT2D eigenvalue weighted by Crippen LogP contribution is -2.32. The van der Waals surface area contributed by atoms with Crippen molar-refractivity contribution in [3.63, 3.8) is 0 Å². The molecule has 1 rings (SSSR count). The Labute approximate surface area is 228 Å². The highest BCUT2D eigenvalue weighted by atomic mass is 15.1. The van der Waals surface area contributed by atoms with Gasteiger partial charge in [-0.05, 0) is 19.3 Å². The van der Waals surface area contributed by atoms with Crippen molar-refractivity contribution in [3.8, 4) is 0 Å². The number of unbranched alkanes of at least 4 members (excludes halogenated alkanes) is 24. The molecule has 0 N–H and O–H groups in total. The van der Waals surface area contributed by atoms with Gasteiger partial charge in [0.2, 0.25) is 0 Å². The molecule has 0 atom stereocenters. The average Bonchev–Trinajstić information content (AvgIpc) is 3.23. The third kappa shape index (κ3) is 19.3. The fraction of sp³-hybridized carbons (Fsp3) is 0.912. The van der Waals surface area contributed by atoms with E-state index in [1.54, 1.807) is 0 Å². The molecular weight excluding hydrogens is 436 g/mol. The topological polar surface area (TPSA) is 8.81 Å². The van der Waals surface area contributed by atoms with Crippen molar-refractivity contribution < 1.29 is 4.57 Å². The van der Waals surface area contributed by atoms with Crippen LogP contribution in [0.5, 0.6) is 0 Å². The predicted octanol–water partition coefficient (Wildman–Crippen LogP) is 11.0. The second-order valence-electron chi connectivity index (χ2n) is 11.8. The van der Waals surface area contributed by atoms with Crippen LogP contribution < -0.4 is 4.57 Å². The van der Waals surface area contributed by atoms with Crippen LogP contribution in [0.4, 0.5) is 0 Å². The van der Waals surface area contributed by atoms with Crippen molar-refractivity contribution in [2.75, 3.05) is 0 Å². The van der Waals surface area contributed by atoms with Crippen molar-refractivity contribution in [2.24, 2.45) is 7.05 Å². The molecule has 36 heavy (non-hydrogen) atoms. The lowest BCUT2D eigenvalue weighted by atomic mass is 10.0. The predicted molar refractivity (Wildman–Crippen MR) is 161 cm³/mol. The van der Waals surface area contributed by atoms with Gasteiger partial charge in [-0.15, -0.1) is 0 Å². The van der Waals surface area contributed by atoms with Gasteiger partial charge in [-0.1, -0.05) is 162 Å². The third-order valence-corrected chi connectivity index (χ3v) is 8.22. The first-order valence-electron chi connectivity index (χ1n) is 16.8. The van der Waals surface area contributed by atoms with E-state index in [1.165, 1.54) is 186 Å². The van der Waals surface area contributed by atoms with E-state index in [0.717, 1.165) is 0 Å². The molecule has 2 nitrogen and oxygen atoms in total. The molecule has 0 spiro atoms. The van der Waals surface area contributed by atoms with Gasteiger partial charge in [0.15, 0.2) is 0 Å². The molecule has 0 saturated carbocycles. The molecule has 0 aliphatic rings. The van der Waals surface area contributed by atoms with E-state index in [2.05, 4.69) is 42.4 Å². The Hall–Kier alpha value is -0.790. The van der Waals surface area contributed by atoms with E-state index in [0.29, 0.717) is 0 Å². The summed E-state index contributed by atoms with van der Waals surface area (Å²) in [7, 11) is 2.23. The number of hydrogen-bond acceptors (Lipinski definition) is 0. The number of aryl methyl sites for hydroxylation is 2. The summed E-state index contributed by atoms with van der Waals surface area (Å²) in [5.74, 6) is 1.54. The Morgan fingerprint density at radius 3 is 1.19 bits per heavy atom. The van der Waals surface area contributed by atoms with Gasteiger partial charge >= 0.3 is 0 Å². The fourth-order valence-electron chi connectivity index (χ4n) is 5.68. The zero-order valence-electron chi connectivity index (χ0n) is 25.3. The largest absolute Gasteiger partial charge is 0.256 e. The van der Waals surface area contributed by atoms with Gasteiger partial charge in [0.05, 0.1) is 13.6 Å². The summed E-state index contributed by atoms with van der Waals surface area (Å²) >= 11 is 0. The summed E-state index contributed by atoms with van der Waals surface area (Å²) in [6.07, 6.45) is 43.2. The van der Waals surface area contributed by atoms with Gasteiger partial charge in [0.25, 0.3) is 5.82 Å². The smallest absolute Gasteiger partial charge is 0.237 e. The lowest BCUT2D eigenvalue weighted by molar-refractivity contribution is -0.678. The van der Waals surface area contributed by atoms with Crippen LogP contribution in [-0.2, 0) is 20.0 Å². The highest BCUT2D eigenvalue weighted by molar-refractivity contribution is 4.84. The summed E-state index contributed by atoms with van der Waals surface area (Å²) in [5.41, 5.74) is 0. The lowest BCUT2D eigenvalue weighted by Gasteiger charge is -2.05. The highest BCUT2D eigenvalue weighted by Gasteiger charge is 2.13. The van der Waals surface area contributed by atoms with Gasteiger partial charge in [0.1, 0.15) is 12.4 Å². The zero-order valence-corrected chi connectivity index (χ0v) is 25.3.